The molecule has 2 aromatic rings. The molecule has 7 heteroatoms. The number of amides is 2. The van der Waals surface area contributed by atoms with Gasteiger partial charge in [0, 0.05) is 30.8 Å². The molecule has 6 nitrogen and oxygen atoms in total. The Kier molecular flexibility index (Phi) is 6.69. The lowest BCUT2D eigenvalue weighted by molar-refractivity contribution is 0.0670. The molecule has 0 aromatic heterocycles. The zero-order valence-corrected chi connectivity index (χ0v) is 16.6. The van der Waals surface area contributed by atoms with E-state index in [2.05, 4.69) is 5.32 Å². The molecule has 1 aliphatic heterocycles. The molecule has 29 heavy (non-hydrogen) atoms. The first-order chi connectivity index (χ1) is 14.0. The third-order valence-corrected chi connectivity index (χ3v) is 5.09. The summed E-state index contributed by atoms with van der Waals surface area (Å²) in [5.74, 6) is 0.562. The molecule has 1 atom stereocenters. The van der Waals surface area contributed by atoms with Gasteiger partial charge in [-0.25, -0.2) is 4.39 Å². The van der Waals surface area contributed by atoms with Gasteiger partial charge in [0.1, 0.15) is 5.82 Å². The van der Waals surface area contributed by atoms with E-state index in [4.69, 9.17) is 9.47 Å². The van der Waals surface area contributed by atoms with E-state index in [1.54, 1.807) is 30.2 Å². The molecule has 1 aliphatic rings. The first kappa shape index (κ1) is 20.6. The molecule has 0 saturated carbocycles. The highest BCUT2D eigenvalue weighted by Gasteiger charge is 2.25. The molecular formula is C22H25FN2O4. The highest BCUT2D eigenvalue weighted by molar-refractivity contribution is 5.95. The van der Waals surface area contributed by atoms with Crippen LogP contribution in [0.2, 0.25) is 0 Å². The monoisotopic (exact) mass is 400 g/mol. The molecule has 2 amide bonds. The average Bonchev–Trinajstić information content (AvgIpc) is 2.77. The van der Waals surface area contributed by atoms with Gasteiger partial charge in [-0.05, 0) is 61.2 Å². The lowest BCUT2D eigenvalue weighted by Gasteiger charge is -2.33. The third kappa shape index (κ3) is 5.04. The maximum absolute atomic E-state index is 13.0. The van der Waals surface area contributed by atoms with Gasteiger partial charge in [0.2, 0.25) is 0 Å². The zero-order chi connectivity index (χ0) is 20.8. The molecule has 0 radical (unpaired) electrons. The number of nitrogens with one attached hydrogen (secondary N) is 1. The molecule has 1 saturated heterocycles. The van der Waals surface area contributed by atoms with E-state index < -0.39 is 0 Å². The fourth-order valence-corrected chi connectivity index (χ4v) is 3.51. The third-order valence-electron chi connectivity index (χ3n) is 5.09. The zero-order valence-electron chi connectivity index (χ0n) is 16.6. The number of carbonyl (C=O) groups excluding carboxylic acids is 2. The van der Waals surface area contributed by atoms with Crippen molar-refractivity contribution in [2.75, 3.05) is 33.9 Å². The van der Waals surface area contributed by atoms with Crippen LogP contribution in [0.4, 0.5) is 4.39 Å². The van der Waals surface area contributed by atoms with Crippen molar-refractivity contribution in [1.29, 1.82) is 0 Å². The topological polar surface area (TPSA) is 67.9 Å². The van der Waals surface area contributed by atoms with Crippen LogP contribution < -0.4 is 14.8 Å². The van der Waals surface area contributed by atoms with Crippen LogP contribution in [0, 0.1) is 11.7 Å². The summed E-state index contributed by atoms with van der Waals surface area (Å²) in [7, 11) is 3.08. The molecule has 1 fully saturated rings. The first-order valence-corrected chi connectivity index (χ1v) is 9.57. The Morgan fingerprint density at radius 1 is 1.07 bits per heavy atom. The number of carbonyl (C=O) groups is 2. The number of piperidine rings is 1. The SMILES string of the molecule is COc1ccc(C(=O)N2CCC[C@@H](CNC(=O)c3ccc(F)cc3)C2)cc1OC. The van der Waals surface area contributed by atoms with Crippen molar-refractivity contribution in [3.63, 3.8) is 0 Å². The number of hydrogen-bond donors (Lipinski definition) is 1. The van der Waals surface area contributed by atoms with Gasteiger partial charge in [0.15, 0.2) is 11.5 Å². The number of likely N-dealkylation sites (tertiary alicyclic amines) is 1. The standard InChI is InChI=1S/C22H25FN2O4/c1-28-19-10-7-17(12-20(19)29-2)22(27)25-11-3-4-15(14-25)13-24-21(26)16-5-8-18(23)9-6-16/h5-10,12,15H,3-4,11,13-14H2,1-2H3,(H,24,26)/t15-/m0/s1. The predicted octanol–water partition coefficient (Wildman–Crippen LogP) is 3.13. The van der Waals surface area contributed by atoms with E-state index >= 15 is 0 Å². The number of nitrogens with zero attached hydrogens (tertiary/aromatic N) is 1. The van der Waals surface area contributed by atoms with Crippen LogP contribution in [0.25, 0.3) is 0 Å². The number of rotatable bonds is 6. The molecule has 3 rings (SSSR count). The minimum atomic E-state index is -0.377. The van der Waals surface area contributed by atoms with E-state index in [1.165, 1.54) is 31.4 Å². The van der Waals surface area contributed by atoms with Gasteiger partial charge in [-0.15, -0.1) is 0 Å². The van der Waals surface area contributed by atoms with Crippen LogP contribution in [0.1, 0.15) is 33.6 Å². The second kappa shape index (κ2) is 9.41. The van der Waals surface area contributed by atoms with Gasteiger partial charge in [-0.2, -0.15) is 0 Å². The van der Waals surface area contributed by atoms with Crippen molar-refractivity contribution in [3.05, 3.63) is 59.4 Å². The number of benzene rings is 2. The van der Waals surface area contributed by atoms with Gasteiger partial charge >= 0.3 is 0 Å². The van der Waals surface area contributed by atoms with Crippen molar-refractivity contribution in [2.45, 2.75) is 12.8 Å². The quantitative estimate of drug-likeness (QED) is 0.809. The van der Waals surface area contributed by atoms with E-state index in [-0.39, 0.29) is 23.5 Å². The summed E-state index contributed by atoms with van der Waals surface area (Å²) in [5.41, 5.74) is 0.958. The molecule has 1 N–H and O–H groups in total. The molecular weight excluding hydrogens is 375 g/mol. The highest BCUT2D eigenvalue weighted by Crippen LogP contribution is 2.28. The number of hydrogen-bond acceptors (Lipinski definition) is 4. The Balaban J connectivity index is 1.59. The van der Waals surface area contributed by atoms with E-state index in [1.807, 2.05) is 0 Å². The lowest BCUT2D eigenvalue weighted by Crippen LogP contribution is -2.43. The van der Waals surface area contributed by atoms with Crippen LogP contribution in [-0.2, 0) is 0 Å². The summed E-state index contributed by atoms with van der Waals surface area (Å²) in [6, 6.07) is 10.6. The van der Waals surface area contributed by atoms with Crippen LogP contribution >= 0.6 is 0 Å². The largest absolute Gasteiger partial charge is 0.493 e. The Hall–Kier alpha value is -3.09. The van der Waals surface area contributed by atoms with Gasteiger partial charge < -0.3 is 19.7 Å². The van der Waals surface area contributed by atoms with Gasteiger partial charge in [-0.3, -0.25) is 9.59 Å². The Labute approximate surface area is 169 Å². The van der Waals surface area contributed by atoms with Crippen molar-refractivity contribution >= 4 is 11.8 Å². The molecule has 154 valence electrons. The minimum Gasteiger partial charge on any atom is -0.493 e. The first-order valence-electron chi connectivity index (χ1n) is 9.57. The molecule has 2 aromatic carbocycles. The van der Waals surface area contributed by atoms with Crippen molar-refractivity contribution < 1.29 is 23.5 Å². The van der Waals surface area contributed by atoms with Crippen LogP contribution in [-0.4, -0.2) is 50.6 Å². The van der Waals surface area contributed by atoms with Gasteiger partial charge in [-0.1, -0.05) is 0 Å². The van der Waals surface area contributed by atoms with Crippen LogP contribution in [0.5, 0.6) is 11.5 Å². The molecule has 0 bridgehead atoms. The van der Waals surface area contributed by atoms with Crippen molar-refractivity contribution in [3.8, 4) is 11.5 Å². The molecule has 0 spiro atoms. The molecule has 0 unspecified atom stereocenters. The lowest BCUT2D eigenvalue weighted by atomic mass is 9.97. The fraction of sp³-hybridized carbons (Fsp3) is 0.364. The Morgan fingerprint density at radius 2 is 1.76 bits per heavy atom. The molecule has 0 aliphatic carbocycles. The Morgan fingerprint density at radius 3 is 2.45 bits per heavy atom. The summed E-state index contributed by atoms with van der Waals surface area (Å²) in [4.78, 5) is 26.9. The maximum Gasteiger partial charge on any atom is 0.254 e. The second-order valence-electron chi connectivity index (χ2n) is 7.05. The minimum absolute atomic E-state index is 0.0690. The number of methoxy groups -OCH3 is 2. The summed E-state index contributed by atoms with van der Waals surface area (Å²) >= 11 is 0. The fourth-order valence-electron chi connectivity index (χ4n) is 3.51. The van der Waals surface area contributed by atoms with Gasteiger partial charge in [0.25, 0.3) is 11.8 Å². The average molecular weight is 400 g/mol. The molecule has 1 heterocycles. The second-order valence-corrected chi connectivity index (χ2v) is 7.05. The van der Waals surface area contributed by atoms with Crippen molar-refractivity contribution in [1.82, 2.24) is 10.2 Å². The summed E-state index contributed by atoms with van der Waals surface area (Å²) in [5, 5.41) is 2.88. The summed E-state index contributed by atoms with van der Waals surface area (Å²) in [6.07, 6.45) is 1.80. The smallest absolute Gasteiger partial charge is 0.254 e. The summed E-state index contributed by atoms with van der Waals surface area (Å²) < 4.78 is 23.5. The number of halogens is 1. The van der Waals surface area contributed by atoms with E-state index in [9.17, 15) is 14.0 Å². The van der Waals surface area contributed by atoms with E-state index in [0.717, 1.165) is 12.8 Å². The van der Waals surface area contributed by atoms with Crippen LogP contribution in [0.15, 0.2) is 42.5 Å². The van der Waals surface area contributed by atoms with Gasteiger partial charge in [0.05, 0.1) is 14.2 Å². The van der Waals surface area contributed by atoms with E-state index in [0.29, 0.717) is 42.3 Å². The highest BCUT2D eigenvalue weighted by atomic mass is 19.1. The maximum atomic E-state index is 13.0. The van der Waals surface area contributed by atoms with Crippen LogP contribution in [0.3, 0.4) is 0 Å². The summed E-state index contributed by atoms with van der Waals surface area (Å²) in [6.45, 7) is 1.71. The Bertz CT molecular complexity index is 870. The van der Waals surface area contributed by atoms with Crippen molar-refractivity contribution in [2.24, 2.45) is 5.92 Å². The normalized spacial score (nSPS) is 16.2. The predicted molar refractivity (Wildman–Crippen MR) is 107 cm³/mol. The number of ether oxygens (including phenoxy) is 2.